The molecule has 8 nitrogen and oxygen atoms in total. The molecule has 1 aliphatic heterocycles. The van der Waals surface area contributed by atoms with Crippen molar-refractivity contribution in [2.75, 3.05) is 72.4 Å². The van der Waals surface area contributed by atoms with Gasteiger partial charge >= 0.3 is 0 Å². The molecule has 0 N–H and O–H groups in total. The van der Waals surface area contributed by atoms with Crippen LogP contribution < -0.4 is 0 Å². The van der Waals surface area contributed by atoms with E-state index in [9.17, 15) is 16.8 Å². The summed E-state index contributed by atoms with van der Waals surface area (Å²) >= 11 is 0. The first kappa shape index (κ1) is 22.8. The van der Waals surface area contributed by atoms with Crippen LogP contribution in [0.25, 0.3) is 0 Å². The van der Waals surface area contributed by atoms with E-state index in [1.54, 1.807) is 28.2 Å². The molecule has 0 spiro atoms. The lowest BCUT2D eigenvalue weighted by molar-refractivity contribution is 0.0840. The van der Waals surface area contributed by atoms with Gasteiger partial charge in [0.15, 0.2) is 0 Å². The van der Waals surface area contributed by atoms with Gasteiger partial charge in [0.2, 0.25) is 20.0 Å². The molecule has 0 amide bonds. The van der Waals surface area contributed by atoms with E-state index in [0.29, 0.717) is 18.9 Å². The van der Waals surface area contributed by atoms with Crippen molar-refractivity contribution in [3.8, 4) is 0 Å². The predicted octanol–water partition coefficient (Wildman–Crippen LogP) is -0.444. The largest absolute Gasteiger partial charge is 0.300 e. The molecule has 0 unspecified atom stereocenters. The summed E-state index contributed by atoms with van der Waals surface area (Å²) in [4.78, 5) is 4.61. The average Bonchev–Trinajstić information content (AvgIpc) is 2.48. The molecule has 1 fully saturated rings. The van der Waals surface area contributed by atoms with Gasteiger partial charge in [-0.15, -0.1) is 0 Å². The first-order valence-electron chi connectivity index (χ1n) is 8.72. The van der Waals surface area contributed by atoms with Gasteiger partial charge in [-0.05, 0) is 32.9 Å². The van der Waals surface area contributed by atoms with Gasteiger partial charge in [0.25, 0.3) is 0 Å². The molecule has 1 aliphatic rings. The van der Waals surface area contributed by atoms with Gasteiger partial charge in [-0.25, -0.2) is 25.4 Å². The number of rotatable bonds is 10. The highest BCUT2D eigenvalue weighted by molar-refractivity contribution is 7.89. The molecule has 0 aromatic heterocycles. The number of sulfonamides is 2. The molecule has 0 aromatic rings. The lowest BCUT2D eigenvalue weighted by Crippen LogP contribution is -2.52. The third-order valence-corrected chi connectivity index (χ3v) is 8.52. The van der Waals surface area contributed by atoms with Crippen LogP contribution in [-0.4, -0.2) is 114 Å². The zero-order valence-electron chi connectivity index (χ0n) is 16.2. The molecule has 25 heavy (non-hydrogen) atoms. The molecule has 1 saturated heterocycles. The summed E-state index contributed by atoms with van der Waals surface area (Å²) in [6.45, 7) is 6.37. The van der Waals surface area contributed by atoms with E-state index < -0.39 is 20.0 Å². The van der Waals surface area contributed by atoms with E-state index in [2.05, 4.69) is 16.7 Å². The summed E-state index contributed by atoms with van der Waals surface area (Å²) in [6.07, 6.45) is 1.26. The molecule has 0 aromatic carbocycles. The minimum absolute atomic E-state index is 0.176. The highest BCUT2D eigenvalue weighted by atomic mass is 32.2. The smallest absolute Gasteiger partial charge is 0.213 e. The summed E-state index contributed by atoms with van der Waals surface area (Å²) in [5.74, 6) is 0.353. The molecular formula is C15H34N4O4S2. The van der Waals surface area contributed by atoms with Crippen molar-refractivity contribution in [3.05, 3.63) is 0 Å². The molecule has 0 bridgehead atoms. The maximum Gasteiger partial charge on any atom is 0.213 e. The second kappa shape index (κ2) is 9.61. The van der Waals surface area contributed by atoms with Gasteiger partial charge in [0, 0.05) is 53.9 Å². The van der Waals surface area contributed by atoms with Crippen LogP contribution in [0, 0.1) is 0 Å². The summed E-state index contributed by atoms with van der Waals surface area (Å²) in [7, 11) is 0.00388. The zero-order chi connectivity index (χ0) is 19.3. The van der Waals surface area contributed by atoms with Crippen molar-refractivity contribution < 1.29 is 16.8 Å². The van der Waals surface area contributed by atoms with Gasteiger partial charge < -0.3 is 4.90 Å². The first-order valence-corrected chi connectivity index (χ1v) is 11.9. The first-order chi connectivity index (χ1) is 11.5. The third-order valence-electron chi connectivity index (χ3n) is 4.69. The molecule has 10 heteroatoms. The Bertz CT molecular complexity index is 605. The van der Waals surface area contributed by atoms with Crippen LogP contribution >= 0.6 is 0 Å². The molecular weight excluding hydrogens is 364 g/mol. The maximum atomic E-state index is 11.8. The molecule has 150 valence electrons. The van der Waals surface area contributed by atoms with Crippen LogP contribution in [0.15, 0.2) is 0 Å². The van der Waals surface area contributed by atoms with Crippen LogP contribution in [-0.2, 0) is 20.0 Å². The van der Waals surface area contributed by atoms with E-state index in [1.807, 2.05) is 0 Å². The van der Waals surface area contributed by atoms with E-state index in [1.165, 1.54) is 8.61 Å². The van der Waals surface area contributed by atoms with Crippen LogP contribution in [0.4, 0.5) is 0 Å². The fourth-order valence-corrected chi connectivity index (χ4v) is 4.61. The molecule has 0 aliphatic carbocycles. The van der Waals surface area contributed by atoms with E-state index in [4.69, 9.17) is 0 Å². The van der Waals surface area contributed by atoms with Crippen LogP contribution in [0.5, 0.6) is 0 Å². The Kier molecular flexibility index (Phi) is 8.76. The van der Waals surface area contributed by atoms with Crippen molar-refractivity contribution in [2.45, 2.75) is 25.8 Å². The van der Waals surface area contributed by atoms with Crippen molar-refractivity contribution in [1.29, 1.82) is 0 Å². The fourth-order valence-electron chi connectivity index (χ4n) is 2.89. The highest BCUT2D eigenvalue weighted by Crippen LogP contribution is 2.11. The average molecular weight is 399 g/mol. The van der Waals surface area contributed by atoms with Crippen molar-refractivity contribution in [3.63, 3.8) is 0 Å². The second-order valence-electron chi connectivity index (χ2n) is 7.09. The topological polar surface area (TPSA) is 81.2 Å². The number of hydrogen-bond acceptors (Lipinski definition) is 6. The van der Waals surface area contributed by atoms with E-state index in [-0.39, 0.29) is 11.5 Å². The Morgan fingerprint density at radius 2 is 1.32 bits per heavy atom. The quantitative estimate of drug-likeness (QED) is 0.496. The van der Waals surface area contributed by atoms with Gasteiger partial charge in [-0.2, -0.15) is 0 Å². The molecule has 0 saturated carbocycles. The number of nitrogens with zero attached hydrogens (tertiary/aromatic N) is 4. The van der Waals surface area contributed by atoms with Gasteiger partial charge in [0.1, 0.15) is 0 Å². The lowest BCUT2D eigenvalue weighted by atomic mass is 10.2. The monoisotopic (exact) mass is 398 g/mol. The molecule has 1 rings (SSSR count). The Hall–Kier alpha value is -0.260. The van der Waals surface area contributed by atoms with E-state index in [0.717, 1.165) is 32.7 Å². The minimum Gasteiger partial charge on any atom is -0.300 e. The zero-order valence-corrected chi connectivity index (χ0v) is 17.8. The summed E-state index contributed by atoms with van der Waals surface area (Å²) < 4.78 is 49.7. The Morgan fingerprint density at radius 3 is 1.76 bits per heavy atom. The SMILES string of the molecule is C[C@@H]1CN(CCCS(=O)(=O)N(C)C)CCN1CCCS(=O)(=O)N(C)C. The molecule has 0 radical (unpaired) electrons. The number of piperazine rings is 1. The normalized spacial score (nSPS) is 21.3. The highest BCUT2D eigenvalue weighted by Gasteiger charge is 2.24. The summed E-state index contributed by atoms with van der Waals surface area (Å²) in [5, 5.41) is 0. The third kappa shape index (κ3) is 7.48. The van der Waals surface area contributed by atoms with Gasteiger partial charge in [-0.1, -0.05) is 0 Å². The predicted molar refractivity (Wildman–Crippen MR) is 102 cm³/mol. The Morgan fingerprint density at radius 1 is 0.840 bits per heavy atom. The van der Waals surface area contributed by atoms with E-state index >= 15 is 0 Å². The van der Waals surface area contributed by atoms with Crippen molar-refractivity contribution >= 4 is 20.0 Å². The molecule has 1 atom stereocenters. The fraction of sp³-hybridized carbons (Fsp3) is 1.00. The van der Waals surface area contributed by atoms with Gasteiger partial charge in [-0.3, -0.25) is 4.90 Å². The van der Waals surface area contributed by atoms with Crippen molar-refractivity contribution in [2.24, 2.45) is 0 Å². The van der Waals surface area contributed by atoms with Crippen LogP contribution in [0.2, 0.25) is 0 Å². The standard InChI is InChI=1S/C15H34N4O4S2/c1-15-14-18(8-6-12-24(20,21)16(2)3)10-11-19(15)9-7-13-25(22,23)17(4)5/h15H,6-14H2,1-5H3/t15-/m1/s1. The lowest BCUT2D eigenvalue weighted by Gasteiger charge is -2.40. The van der Waals surface area contributed by atoms with Crippen LogP contribution in [0.1, 0.15) is 19.8 Å². The maximum absolute atomic E-state index is 11.8. The van der Waals surface area contributed by atoms with Crippen LogP contribution in [0.3, 0.4) is 0 Å². The minimum atomic E-state index is -3.12. The van der Waals surface area contributed by atoms with Gasteiger partial charge in [0.05, 0.1) is 11.5 Å². The second-order valence-corrected chi connectivity index (χ2v) is 11.7. The van der Waals surface area contributed by atoms with Crippen molar-refractivity contribution in [1.82, 2.24) is 18.4 Å². The summed E-state index contributed by atoms with van der Waals surface area (Å²) in [5.41, 5.74) is 0. The Labute approximate surface area is 153 Å². The Balaban J connectivity index is 2.32. The summed E-state index contributed by atoms with van der Waals surface area (Å²) in [6, 6.07) is 0.348. The molecule has 1 heterocycles. The number of hydrogen-bond donors (Lipinski definition) is 0.